The molecule has 0 radical (unpaired) electrons. The number of carboxylic acid groups (broad SMARTS) is 1. The first-order valence-electron chi connectivity index (χ1n) is 10.5. The van der Waals surface area contributed by atoms with Gasteiger partial charge in [0.2, 0.25) is 0 Å². The summed E-state index contributed by atoms with van der Waals surface area (Å²) < 4.78 is 15.0. The van der Waals surface area contributed by atoms with E-state index < -0.39 is 41.4 Å². The third kappa shape index (κ3) is 9.32. The lowest BCUT2D eigenvalue weighted by Crippen LogP contribution is -2.43. The quantitative estimate of drug-likeness (QED) is 0.489. The van der Waals surface area contributed by atoms with Gasteiger partial charge >= 0.3 is 24.1 Å². The van der Waals surface area contributed by atoms with Crippen LogP contribution >= 0.6 is 0 Å². The summed E-state index contributed by atoms with van der Waals surface area (Å²) in [5.41, 5.74) is -1.12. The summed E-state index contributed by atoms with van der Waals surface area (Å²) in [6.07, 6.45) is 1.70. The Balaban J connectivity index is 0.000000584. The molecule has 2 atom stereocenters. The van der Waals surface area contributed by atoms with Gasteiger partial charge in [-0.1, -0.05) is 7.43 Å². The van der Waals surface area contributed by atoms with Crippen LogP contribution in [0.2, 0.25) is 0 Å². The predicted molar refractivity (Wildman–Crippen MR) is 118 cm³/mol. The highest BCUT2D eigenvalue weighted by Gasteiger charge is 2.37. The fourth-order valence-electron chi connectivity index (χ4n) is 3.25. The standard InChI is InChI=1S/C11H19NO4.C10H17NO4.CH4/c1-11(2,3)16-10(14)12-7-5-6-8(12)9(13)15-4;1-10(2,3)15-9(14)11-6-4-5-7(11)8(12)13;/h8H,5-7H2,1-4H3;7H,4-6H2,1-3H3,(H,12,13);1H4/t8-;7-;/m00./s1. The molecule has 2 aliphatic rings. The van der Waals surface area contributed by atoms with Gasteiger partial charge in [0.1, 0.15) is 23.3 Å². The molecule has 2 saturated heterocycles. The molecule has 0 aromatic heterocycles. The average Bonchev–Trinajstić information content (AvgIpc) is 3.28. The second-order valence-corrected chi connectivity index (χ2v) is 9.52. The van der Waals surface area contributed by atoms with Crippen LogP contribution in [0.15, 0.2) is 0 Å². The minimum absolute atomic E-state index is 0. The lowest BCUT2D eigenvalue weighted by molar-refractivity contribution is -0.145. The van der Waals surface area contributed by atoms with Gasteiger partial charge in [0.15, 0.2) is 0 Å². The normalized spacial score (nSPS) is 20.5. The summed E-state index contributed by atoms with van der Waals surface area (Å²) in [4.78, 5) is 48.4. The van der Waals surface area contributed by atoms with Gasteiger partial charge in [0.25, 0.3) is 0 Å². The molecular formula is C22H40N2O8. The van der Waals surface area contributed by atoms with Crippen LogP contribution in [0.25, 0.3) is 0 Å². The van der Waals surface area contributed by atoms with Gasteiger partial charge in [0.05, 0.1) is 7.11 Å². The highest BCUT2D eigenvalue weighted by molar-refractivity contribution is 5.82. The van der Waals surface area contributed by atoms with Crippen molar-refractivity contribution in [2.45, 2.75) is 97.9 Å². The Morgan fingerprint density at radius 3 is 1.50 bits per heavy atom. The molecule has 0 unspecified atom stereocenters. The summed E-state index contributed by atoms with van der Waals surface area (Å²) in [6, 6.07) is -1.21. The summed E-state index contributed by atoms with van der Waals surface area (Å²) in [6.45, 7) is 11.7. The van der Waals surface area contributed by atoms with E-state index in [2.05, 4.69) is 4.74 Å². The molecule has 2 amide bonds. The van der Waals surface area contributed by atoms with Crippen LogP contribution in [0.1, 0.15) is 74.7 Å². The average molecular weight is 461 g/mol. The van der Waals surface area contributed by atoms with E-state index in [4.69, 9.17) is 14.6 Å². The van der Waals surface area contributed by atoms with Crippen molar-refractivity contribution in [3.63, 3.8) is 0 Å². The van der Waals surface area contributed by atoms with Crippen LogP contribution in [0.5, 0.6) is 0 Å². The maximum atomic E-state index is 11.8. The smallest absolute Gasteiger partial charge is 0.411 e. The van der Waals surface area contributed by atoms with Crippen LogP contribution in [-0.2, 0) is 23.8 Å². The largest absolute Gasteiger partial charge is 0.480 e. The van der Waals surface area contributed by atoms with Gasteiger partial charge in [-0.25, -0.2) is 19.2 Å². The van der Waals surface area contributed by atoms with Crippen molar-refractivity contribution in [2.24, 2.45) is 0 Å². The van der Waals surface area contributed by atoms with Gasteiger partial charge in [-0.2, -0.15) is 0 Å². The molecule has 1 N–H and O–H groups in total. The van der Waals surface area contributed by atoms with Gasteiger partial charge in [-0.05, 0) is 67.2 Å². The molecule has 2 fully saturated rings. The Labute approximate surface area is 191 Å². The molecule has 0 aliphatic carbocycles. The van der Waals surface area contributed by atoms with E-state index in [0.717, 1.165) is 12.8 Å². The van der Waals surface area contributed by atoms with E-state index in [0.29, 0.717) is 25.9 Å². The fraction of sp³-hybridized carbons (Fsp3) is 0.818. The first-order chi connectivity index (χ1) is 14.2. The number of rotatable bonds is 2. The molecule has 2 aliphatic heterocycles. The minimum Gasteiger partial charge on any atom is -0.480 e. The number of esters is 1. The van der Waals surface area contributed by atoms with Gasteiger partial charge in [-0.3, -0.25) is 9.80 Å². The number of carbonyl (C=O) groups is 4. The fourth-order valence-corrected chi connectivity index (χ4v) is 3.25. The van der Waals surface area contributed by atoms with E-state index in [9.17, 15) is 19.2 Å². The molecule has 2 rings (SSSR count). The molecule has 0 aromatic rings. The lowest BCUT2D eigenvalue weighted by atomic mass is 10.2. The molecule has 10 heteroatoms. The molecule has 0 bridgehead atoms. The Morgan fingerprint density at radius 2 is 1.16 bits per heavy atom. The number of carbonyl (C=O) groups excluding carboxylic acids is 3. The molecule has 186 valence electrons. The first-order valence-corrected chi connectivity index (χ1v) is 10.5. The number of ether oxygens (including phenoxy) is 3. The highest BCUT2D eigenvalue weighted by Crippen LogP contribution is 2.22. The maximum absolute atomic E-state index is 11.8. The first kappa shape index (κ1) is 29.5. The Bertz CT molecular complexity index is 666. The highest BCUT2D eigenvalue weighted by atomic mass is 16.6. The van der Waals surface area contributed by atoms with Crippen LogP contribution in [0.3, 0.4) is 0 Å². The number of likely N-dealkylation sites (tertiary alicyclic amines) is 2. The van der Waals surface area contributed by atoms with Crippen molar-refractivity contribution in [3.05, 3.63) is 0 Å². The second kappa shape index (κ2) is 11.9. The third-order valence-corrected chi connectivity index (χ3v) is 4.52. The van der Waals surface area contributed by atoms with Gasteiger partial charge in [-0.15, -0.1) is 0 Å². The van der Waals surface area contributed by atoms with Crippen molar-refractivity contribution in [2.75, 3.05) is 20.2 Å². The third-order valence-electron chi connectivity index (χ3n) is 4.52. The number of carboxylic acids is 1. The van der Waals surface area contributed by atoms with Gasteiger partial charge < -0.3 is 19.3 Å². The van der Waals surface area contributed by atoms with Crippen LogP contribution in [0.4, 0.5) is 9.59 Å². The monoisotopic (exact) mass is 460 g/mol. The number of methoxy groups -OCH3 is 1. The number of hydrogen-bond donors (Lipinski definition) is 1. The molecule has 0 aromatic carbocycles. The van der Waals surface area contributed by atoms with E-state index >= 15 is 0 Å². The van der Waals surface area contributed by atoms with Crippen molar-refractivity contribution in [1.82, 2.24) is 9.80 Å². The van der Waals surface area contributed by atoms with Gasteiger partial charge in [0, 0.05) is 13.1 Å². The summed E-state index contributed by atoms with van der Waals surface area (Å²) >= 11 is 0. The molecule has 32 heavy (non-hydrogen) atoms. The van der Waals surface area contributed by atoms with Crippen molar-refractivity contribution in [3.8, 4) is 0 Å². The zero-order chi connectivity index (χ0) is 24.0. The molecular weight excluding hydrogens is 420 g/mol. The Kier molecular flexibility index (Phi) is 11.0. The summed E-state index contributed by atoms with van der Waals surface area (Å²) in [5.74, 6) is -1.33. The zero-order valence-corrected chi connectivity index (χ0v) is 19.6. The Hall–Kier alpha value is -2.52. The number of nitrogens with zero attached hydrogens (tertiary/aromatic N) is 2. The number of amides is 2. The van der Waals surface area contributed by atoms with E-state index in [1.807, 2.05) is 0 Å². The summed E-state index contributed by atoms with van der Waals surface area (Å²) in [5, 5.41) is 8.88. The number of aliphatic carboxylic acids is 1. The molecule has 10 nitrogen and oxygen atoms in total. The summed E-state index contributed by atoms with van der Waals surface area (Å²) in [7, 11) is 1.33. The Morgan fingerprint density at radius 1 is 0.781 bits per heavy atom. The van der Waals surface area contributed by atoms with E-state index in [1.165, 1.54) is 16.9 Å². The van der Waals surface area contributed by atoms with Crippen molar-refractivity contribution < 1.29 is 38.5 Å². The zero-order valence-electron chi connectivity index (χ0n) is 19.6. The van der Waals surface area contributed by atoms with Crippen LogP contribution in [0, 0.1) is 0 Å². The van der Waals surface area contributed by atoms with E-state index in [1.54, 1.807) is 41.5 Å². The van der Waals surface area contributed by atoms with Crippen LogP contribution in [-0.4, -0.2) is 82.5 Å². The van der Waals surface area contributed by atoms with E-state index in [-0.39, 0.29) is 13.4 Å². The molecule has 0 spiro atoms. The number of hydrogen-bond acceptors (Lipinski definition) is 7. The molecule has 0 saturated carbocycles. The second-order valence-electron chi connectivity index (χ2n) is 9.52. The lowest BCUT2D eigenvalue weighted by Gasteiger charge is -2.27. The minimum atomic E-state index is -0.960. The molecule has 2 heterocycles. The maximum Gasteiger partial charge on any atom is 0.411 e. The predicted octanol–water partition coefficient (Wildman–Crippen LogP) is 3.67. The SMILES string of the molecule is C.CC(C)(C)OC(=O)N1CCC[C@H]1C(=O)O.COC(=O)[C@@H]1CCCN1C(=O)OC(C)(C)C. The van der Waals surface area contributed by atoms with Crippen molar-refractivity contribution in [1.29, 1.82) is 0 Å². The topological polar surface area (TPSA) is 123 Å². The van der Waals surface area contributed by atoms with Crippen molar-refractivity contribution >= 4 is 24.1 Å². The van der Waals surface area contributed by atoms with Crippen LogP contribution < -0.4 is 0 Å².